The van der Waals surface area contributed by atoms with Crippen molar-refractivity contribution in [1.29, 1.82) is 0 Å². The summed E-state index contributed by atoms with van der Waals surface area (Å²) in [4.78, 5) is 0.377. The van der Waals surface area contributed by atoms with Gasteiger partial charge in [-0.1, -0.05) is 42.5 Å². The molecule has 0 bridgehead atoms. The number of benzene rings is 1. The third kappa shape index (κ3) is 1.89. The minimum absolute atomic E-state index is 0.377. The van der Waals surface area contributed by atoms with Gasteiger partial charge in [-0.25, -0.2) is 0 Å². The lowest BCUT2D eigenvalue weighted by Crippen LogP contribution is -2.09. The summed E-state index contributed by atoms with van der Waals surface area (Å²) in [6, 6.07) is 9.88. The fourth-order valence-electron chi connectivity index (χ4n) is 1.48. The quantitative estimate of drug-likeness (QED) is 0.779. The van der Waals surface area contributed by atoms with Crippen LogP contribution >= 0.6 is 12.2 Å². The molecule has 0 radical (unpaired) electrons. The van der Waals surface area contributed by atoms with E-state index in [1.54, 1.807) is 4.68 Å². The Morgan fingerprint density at radius 2 is 2.00 bits per heavy atom. The Morgan fingerprint density at radius 1 is 1.33 bits per heavy atom. The standard InChI is InChI=1S/C11H11N3S/c1-14-7-9(11(12)15)10(13-14)8-5-3-2-4-6-8/h2-7H,1H3,(H2,12,15). The summed E-state index contributed by atoms with van der Waals surface area (Å²) in [6.07, 6.45) is 1.84. The van der Waals surface area contributed by atoms with Crippen molar-refractivity contribution in [3.05, 3.63) is 42.1 Å². The molecule has 2 rings (SSSR count). The summed E-state index contributed by atoms with van der Waals surface area (Å²) in [5.74, 6) is 0. The monoisotopic (exact) mass is 217 g/mol. The van der Waals surface area contributed by atoms with Gasteiger partial charge < -0.3 is 5.73 Å². The molecule has 0 aliphatic heterocycles. The van der Waals surface area contributed by atoms with E-state index in [-0.39, 0.29) is 0 Å². The molecule has 0 saturated heterocycles. The van der Waals surface area contributed by atoms with Gasteiger partial charge >= 0.3 is 0 Å². The zero-order valence-electron chi connectivity index (χ0n) is 8.34. The Labute approximate surface area is 93.5 Å². The highest BCUT2D eigenvalue weighted by Crippen LogP contribution is 2.21. The van der Waals surface area contributed by atoms with Crippen molar-refractivity contribution in [3.63, 3.8) is 0 Å². The Balaban J connectivity index is 2.58. The van der Waals surface area contributed by atoms with Gasteiger partial charge in [-0.3, -0.25) is 4.68 Å². The molecule has 15 heavy (non-hydrogen) atoms. The molecular weight excluding hydrogens is 206 g/mol. The van der Waals surface area contributed by atoms with E-state index in [2.05, 4.69) is 5.10 Å². The van der Waals surface area contributed by atoms with Gasteiger partial charge in [0.25, 0.3) is 0 Å². The van der Waals surface area contributed by atoms with Crippen LogP contribution in [0.25, 0.3) is 11.3 Å². The summed E-state index contributed by atoms with van der Waals surface area (Å²) in [5.41, 5.74) is 8.33. The maximum atomic E-state index is 5.64. The maximum absolute atomic E-state index is 5.64. The van der Waals surface area contributed by atoms with Gasteiger partial charge in [0.15, 0.2) is 0 Å². The van der Waals surface area contributed by atoms with Gasteiger partial charge in [0.2, 0.25) is 0 Å². The van der Waals surface area contributed by atoms with Crippen LogP contribution in [0.4, 0.5) is 0 Å². The van der Waals surface area contributed by atoms with Crippen molar-refractivity contribution in [3.8, 4) is 11.3 Å². The van der Waals surface area contributed by atoms with Crippen molar-refractivity contribution < 1.29 is 0 Å². The molecule has 0 amide bonds. The van der Waals surface area contributed by atoms with Gasteiger partial charge in [-0.2, -0.15) is 5.10 Å². The predicted octanol–water partition coefficient (Wildman–Crippen LogP) is 1.72. The van der Waals surface area contributed by atoms with E-state index in [0.29, 0.717) is 4.99 Å². The predicted molar refractivity (Wildman–Crippen MR) is 64.5 cm³/mol. The second-order valence-electron chi connectivity index (χ2n) is 3.30. The molecule has 0 atom stereocenters. The van der Waals surface area contributed by atoms with Gasteiger partial charge in [-0.15, -0.1) is 0 Å². The number of thiocarbonyl (C=S) groups is 1. The highest BCUT2D eigenvalue weighted by Gasteiger charge is 2.11. The largest absolute Gasteiger partial charge is 0.389 e. The number of nitrogens with two attached hydrogens (primary N) is 1. The average molecular weight is 217 g/mol. The third-order valence-electron chi connectivity index (χ3n) is 2.14. The lowest BCUT2D eigenvalue weighted by molar-refractivity contribution is 0.771. The Morgan fingerprint density at radius 3 is 2.60 bits per heavy atom. The van der Waals surface area contributed by atoms with Crippen LogP contribution in [0.5, 0.6) is 0 Å². The fourth-order valence-corrected chi connectivity index (χ4v) is 1.63. The fraction of sp³-hybridized carbons (Fsp3) is 0.0909. The minimum Gasteiger partial charge on any atom is -0.389 e. The van der Waals surface area contributed by atoms with Crippen LogP contribution in [-0.4, -0.2) is 14.8 Å². The highest BCUT2D eigenvalue weighted by atomic mass is 32.1. The molecule has 0 fully saturated rings. The van der Waals surface area contributed by atoms with Crippen molar-refractivity contribution in [2.75, 3.05) is 0 Å². The highest BCUT2D eigenvalue weighted by molar-refractivity contribution is 7.80. The molecule has 0 aliphatic carbocycles. The smallest absolute Gasteiger partial charge is 0.107 e. The molecule has 1 heterocycles. The number of aromatic nitrogens is 2. The molecule has 0 spiro atoms. The molecule has 0 unspecified atom stereocenters. The van der Waals surface area contributed by atoms with E-state index in [1.165, 1.54) is 0 Å². The molecule has 0 saturated carbocycles. The van der Waals surface area contributed by atoms with Crippen molar-refractivity contribution in [1.82, 2.24) is 9.78 Å². The zero-order valence-corrected chi connectivity index (χ0v) is 9.16. The number of rotatable bonds is 2. The SMILES string of the molecule is Cn1cc(C(N)=S)c(-c2ccccc2)n1. The molecule has 76 valence electrons. The number of hydrogen-bond acceptors (Lipinski definition) is 2. The van der Waals surface area contributed by atoms with Gasteiger partial charge in [0.1, 0.15) is 10.7 Å². The Bertz CT molecular complexity index is 488. The first-order valence-corrected chi connectivity index (χ1v) is 4.98. The molecule has 1 aromatic carbocycles. The lowest BCUT2D eigenvalue weighted by atomic mass is 10.1. The molecule has 1 aromatic heterocycles. The second-order valence-corrected chi connectivity index (χ2v) is 3.74. The van der Waals surface area contributed by atoms with Crippen molar-refractivity contribution >= 4 is 17.2 Å². The average Bonchev–Trinajstić information content (AvgIpc) is 2.62. The maximum Gasteiger partial charge on any atom is 0.107 e. The number of nitrogens with zero attached hydrogens (tertiary/aromatic N) is 2. The van der Waals surface area contributed by atoms with E-state index >= 15 is 0 Å². The van der Waals surface area contributed by atoms with Crippen LogP contribution in [0.2, 0.25) is 0 Å². The van der Waals surface area contributed by atoms with Crippen LogP contribution < -0.4 is 5.73 Å². The van der Waals surface area contributed by atoms with Crippen LogP contribution in [0.1, 0.15) is 5.56 Å². The first-order chi connectivity index (χ1) is 7.18. The van der Waals surface area contributed by atoms with E-state index in [4.69, 9.17) is 18.0 Å². The molecule has 3 nitrogen and oxygen atoms in total. The van der Waals surface area contributed by atoms with Crippen molar-refractivity contribution in [2.45, 2.75) is 0 Å². The normalized spacial score (nSPS) is 10.2. The Hall–Kier alpha value is -1.68. The minimum atomic E-state index is 0.377. The first kappa shape index (κ1) is 9.86. The zero-order chi connectivity index (χ0) is 10.8. The van der Waals surface area contributed by atoms with E-state index in [1.807, 2.05) is 43.6 Å². The molecular formula is C11H11N3S. The van der Waals surface area contributed by atoms with Crippen molar-refractivity contribution in [2.24, 2.45) is 12.8 Å². The van der Waals surface area contributed by atoms with E-state index in [9.17, 15) is 0 Å². The third-order valence-corrected chi connectivity index (χ3v) is 2.36. The van der Waals surface area contributed by atoms with Gasteiger partial charge in [-0.05, 0) is 0 Å². The summed E-state index contributed by atoms with van der Waals surface area (Å²) < 4.78 is 1.72. The van der Waals surface area contributed by atoms with E-state index < -0.39 is 0 Å². The summed E-state index contributed by atoms with van der Waals surface area (Å²) in [5, 5.41) is 4.35. The summed E-state index contributed by atoms with van der Waals surface area (Å²) >= 11 is 4.99. The first-order valence-electron chi connectivity index (χ1n) is 4.57. The Kier molecular flexibility index (Phi) is 2.51. The van der Waals surface area contributed by atoms with E-state index in [0.717, 1.165) is 16.8 Å². The molecule has 0 aliphatic rings. The van der Waals surface area contributed by atoms with Gasteiger partial charge in [0, 0.05) is 18.8 Å². The summed E-state index contributed by atoms with van der Waals surface area (Å²) in [6.45, 7) is 0. The molecule has 4 heteroatoms. The summed E-state index contributed by atoms with van der Waals surface area (Å²) in [7, 11) is 1.86. The number of aryl methyl sites for hydroxylation is 1. The van der Waals surface area contributed by atoms with Crippen LogP contribution in [-0.2, 0) is 7.05 Å². The topological polar surface area (TPSA) is 43.8 Å². The van der Waals surface area contributed by atoms with Crippen LogP contribution in [0, 0.1) is 0 Å². The lowest BCUT2D eigenvalue weighted by Gasteiger charge is -1.99. The van der Waals surface area contributed by atoms with Crippen LogP contribution in [0.3, 0.4) is 0 Å². The molecule has 2 aromatic rings. The van der Waals surface area contributed by atoms with Crippen LogP contribution in [0.15, 0.2) is 36.5 Å². The second kappa shape index (κ2) is 3.82. The molecule has 2 N–H and O–H groups in total. The van der Waals surface area contributed by atoms with Gasteiger partial charge in [0.05, 0.1) is 5.56 Å². The number of hydrogen-bond donors (Lipinski definition) is 1.